The number of hydrogen-bond acceptors (Lipinski definition) is 4. The first-order valence-corrected chi connectivity index (χ1v) is 8.46. The van der Waals surface area contributed by atoms with Crippen molar-refractivity contribution < 1.29 is 9.47 Å². The number of halogens is 1. The van der Waals surface area contributed by atoms with Crippen LogP contribution in [0.1, 0.15) is 12.8 Å². The van der Waals surface area contributed by atoms with Crippen LogP contribution in [0, 0.1) is 5.92 Å². The van der Waals surface area contributed by atoms with Crippen molar-refractivity contribution in [2.45, 2.75) is 12.8 Å². The van der Waals surface area contributed by atoms with E-state index in [1.807, 2.05) is 12.3 Å². The summed E-state index contributed by atoms with van der Waals surface area (Å²) in [4.78, 5) is 7.04. The molecule has 0 aliphatic carbocycles. The highest BCUT2D eigenvalue weighted by Crippen LogP contribution is 2.39. The van der Waals surface area contributed by atoms with E-state index in [1.54, 1.807) is 0 Å². The molecule has 0 bridgehead atoms. The SMILES string of the molecule is BrCC1CCCN(c2nccc3cc4c(cc23)OCO4)C1. The van der Waals surface area contributed by atoms with E-state index in [-0.39, 0.29) is 0 Å². The summed E-state index contributed by atoms with van der Waals surface area (Å²) in [7, 11) is 0. The van der Waals surface area contributed by atoms with Gasteiger partial charge in [0.25, 0.3) is 0 Å². The molecule has 21 heavy (non-hydrogen) atoms. The van der Waals surface area contributed by atoms with Crippen LogP contribution in [-0.4, -0.2) is 30.2 Å². The van der Waals surface area contributed by atoms with Gasteiger partial charge in [0.05, 0.1) is 0 Å². The summed E-state index contributed by atoms with van der Waals surface area (Å²) in [6, 6.07) is 6.15. The predicted molar refractivity (Wildman–Crippen MR) is 86.6 cm³/mol. The fourth-order valence-electron chi connectivity index (χ4n) is 3.18. The molecule has 0 N–H and O–H groups in total. The summed E-state index contributed by atoms with van der Waals surface area (Å²) in [6.07, 6.45) is 4.40. The predicted octanol–water partition coefficient (Wildman–Crippen LogP) is 3.57. The number of rotatable bonds is 2. The largest absolute Gasteiger partial charge is 0.454 e. The van der Waals surface area contributed by atoms with Gasteiger partial charge in [0.2, 0.25) is 6.79 Å². The lowest BCUT2D eigenvalue weighted by atomic mass is 9.99. The van der Waals surface area contributed by atoms with Crippen LogP contribution in [0.25, 0.3) is 10.8 Å². The first-order chi connectivity index (χ1) is 10.3. The topological polar surface area (TPSA) is 34.6 Å². The number of hydrogen-bond donors (Lipinski definition) is 0. The maximum Gasteiger partial charge on any atom is 0.231 e. The minimum atomic E-state index is 0.309. The molecular formula is C16H17BrN2O2. The quantitative estimate of drug-likeness (QED) is 0.777. The first kappa shape index (κ1) is 13.2. The first-order valence-electron chi connectivity index (χ1n) is 7.34. The van der Waals surface area contributed by atoms with Crippen LogP contribution in [-0.2, 0) is 0 Å². The van der Waals surface area contributed by atoms with Gasteiger partial charge in [0.15, 0.2) is 11.5 Å². The van der Waals surface area contributed by atoms with Gasteiger partial charge in [-0.05, 0) is 42.3 Å². The van der Waals surface area contributed by atoms with Crippen molar-refractivity contribution in [3.63, 3.8) is 0 Å². The molecule has 1 aromatic carbocycles. The number of piperidine rings is 1. The van der Waals surface area contributed by atoms with Gasteiger partial charge in [-0.15, -0.1) is 0 Å². The number of nitrogens with zero attached hydrogens (tertiary/aromatic N) is 2. The zero-order valence-electron chi connectivity index (χ0n) is 11.7. The van der Waals surface area contributed by atoms with E-state index in [1.165, 1.54) is 12.8 Å². The molecular weight excluding hydrogens is 332 g/mol. The van der Waals surface area contributed by atoms with Gasteiger partial charge in [-0.2, -0.15) is 0 Å². The van der Waals surface area contributed by atoms with Crippen LogP contribution in [0.15, 0.2) is 24.4 Å². The van der Waals surface area contributed by atoms with Crippen LogP contribution in [0.4, 0.5) is 5.82 Å². The lowest BCUT2D eigenvalue weighted by molar-refractivity contribution is 0.174. The Kier molecular flexibility index (Phi) is 3.37. The molecule has 3 heterocycles. The normalized spacial score (nSPS) is 21.0. The smallest absolute Gasteiger partial charge is 0.231 e. The lowest BCUT2D eigenvalue weighted by Crippen LogP contribution is -2.36. The van der Waals surface area contributed by atoms with Gasteiger partial charge in [-0.3, -0.25) is 0 Å². The molecule has 5 heteroatoms. The number of anilines is 1. The molecule has 110 valence electrons. The van der Waals surface area contributed by atoms with Crippen LogP contribution >= 0.6 is 15.9 Å². The Balaban J connectivity index is 1.78. The monoisotopic (exact) mass is 348 g/mol. The Hall–Kier alpha value is -1.49. The molecule has 0 spiro atoms. The second kappa shape index (κ2) is 5.37. The van der Waals surface area contributed by atoms with Gasteiger partial charge < -0.3 is 14.4 Å². The van der Waals surface area contributed by atoms with E-state index in [0.717, 1.165) is 46.5 Å². The Morgan fingerprint density at radius 1 is 1.29 bits per heavy atom. The number of benzene rings is 1. The van der Waals surface area contributed by atoms with Crippen molar-refractivity contribution in [3.05, 3.63) is 24.4 Å². The summed E-state index contributed by atoms with van der Waals surface area (Å²) in [5.74, 6) is 3.42. The Bertz CT molecular complexity index is 677. The van der Waals surface area contributed by atoms with Gasteiger partial charge in [-0.1, -0.05) is 15.9 Å². The summed E-state index contributed by atoms with van der Waals surface area (Å²) in [6.45, 7) is 2.44. The summed E-state index contributed by atoms with van der Waals surface area (Å²) in [5.41, 5.74) is 0. The van der Waals surface area contributed by atoms with Gasteiger partial charge in [-0.25, -0.2) is 4.98 Å². The third kappa shape index (κ3) is 2.33. The summed E-state index contributed by atoms with van der Waals surface area (Å²) in [5, 5.41) is 3.36. The number of fused-ring (bicyclic) bond motifs is 2. The van der Waals surface area contributed by atoms with E-state index >= 15 is 0 Å². The molecule has 0 saturated carbocycles. The van der Waals surface area contributed by atoms with E-state index in [4.69, 9.17) is 9.47 Å². The highest BCUT2D eigenvalue weighted by Gasteiger charge is 2.23. The third-order valence-electron chi connectivity index (χ3n) is 4.27. The van der Waals surface area contributed by atoms with Crippen molar-refractivity contribution in [2.24, 2.45) is 5.92 Å². The minimum absolute atomic E-state index is 0.309. The average molecular weight is 349 g/mol. The maximum atomic E-state index is 5.52. The fraction of sp³-hybridized carbons (Fsp3) is 0.438. The maximum absolute atomic E-state index is 5.52. The zero-order valence-corrected chi connectivity index (χ0v) is 13.3. The standard InChI is InChI=1S/C16H17BrN2O2/c17-8-11-2-1-5-19(9-11)16-13-7-15-14(20-10-21-15)6-12(13)3-4-18-16/h3-4,6-7,11H,1-2,5,8-10H2. The minimum Gasteiger partial charge on any atom is -0.454 e. The van der Waals surface area contributed by atoms with Crippen molar-refractivity contribution >= 4 is 32.5 Å². The number of alkyl halides is 1. The molecule has 1 atom stereocenters. The number of ether oxygens (including phenoxy) is 2. The average Bonchev–Trinajstić information content (AvgIpc) is 2.99. The summed E-state index contributed by atoms with van der Waals surface area (Å²) >= 11 is 3.62. The van der Waals surface area contributed by atoms with Crippen LogP contribution in [0.2, 0.25) is 0 Å². The Labute approximate surface area is 132 Å². The van der Waals surface area contributed by atoms with Crippen molar-refractivity contribution in [2.75, 3.05) is 30.1 Å². The van der Waals surface area contributed by atoms with Crippen molar-refractivity contribution in [3.8, 4) is 11.5 Å². The molecule has 0 amide bonds. The second-order valence-corrected chi connectivity index (χ2v) is 6.32. The van der Waals surface area contributed by atoms with Crippen LogP contribution < -0.4 is 14.4 Å². The highest BCUT2D eigenvalue weighted by atomic mass is 79.9. The van der Waals surface area contributed by atoms with Crippen molar-refractivity contribution in [1.82, 2.24) is 4.98 Å². The highest BCUT2D eigenvalue weighted by molar-refractivity contribution is 9.09. The molecule has 2 aromatic rings. The van der Waals surface area contributed by atoms with E-state index in [9.17, 15) is 0 Å². The molecule has 1 unspecified atom stereocenters. The van der Waals surface area contributed by atoms with Gasteiger partial charge >= 0.3 is 0 Å². The zero-order chi connectivity index (χ0) is 14.2. The number of pyridine rings is 1. The van der Waals surface area contributed by atoms with Gasteiger partial charge in [0.1, 0.15) is 5.82 Å². The molecule has 1 aromatic heterocycles. The van der Waals surface area contributed by atoms with E-state index < -0.39 is 0 Å². The molecule has 0 radical (unpaired) electrons. The molecule has 4 nitrogen and oxygen atoms in total. The van der Waals surface area contributed by atoms with E-state index in [2.05, 4.69) is 37.9 Å². The molecule has 1 fully saturated rings. The second-order valence-electron chi connectivity index (χ2n) is 5.67. The van der Waals surface area contributed by atoms with Gasteiger partial charge in [0, 0.05) is 30.0 Å². The molecule has 4 rings (SSSR count). The van der Waals surface area contributed by atoms with Crippen LogP contribution in [0.3, 0.4) is 0 Å². The van der Waals surface area contributed by atoms with Crippen LogP contribution in [0.5, 0.6) is 11.5 Å². The Morgan fingerprint density at radius 2 is 2.14 bits per heavy atom. The Morgan fingerprint density at radius 3 is 3.00 bits per heavy atom. The fourth-order valence-corrected chi connectivity index (χ4v) is 3.71. The van der Waals surface area contributed by atoms with Crippen molar-refractivity contribution in [1.29, 1.82) is 0 Å². The third-order valence-corrected chi connectivity index (χ3v) is 5.19. The molecule has 2 aliphatic heterocycles. The van der Waals surface area contributed by atoms with E-state index in [0.29, 0.717) is 12.7 Å². The number of aromatic nitrogens is 1. The summed E-state index contributed by atoms with van der Waals surface area (Å²) < 4.78 is 11.0. The lowest BCUT2D eigenvalue weighted by Gasteiger charge is -2.33. The molecule has 2 aliphatic rings. The molecule has 1 saturated heterocycles.